The Balaban J connectivity index is 2.00. The number of aromatic amines is 2. The number of H-pyrrole nitrogens is 2. The SMILES string of the molecule is O=c1[nH]c2ccc(N3CCNCC3)nc2[nH]1. The number of imidazole rings is 1. The molecule has 0 saturated carbocycles. The summed E-state index contributed by atoms with van der Waals surface area (Å²) in [6.45, 7) is 3.85. The first-order valence-electron chi connectivity index (χ1n) is 5.38. The molecule has 3 heterocycles. The van der Waals surface area contributed by atoms with Crippen LogP contribution in [0.25, 0.3) is 11.2 Å². The van der Waals surface area contributed by atoms with Gasteiger partial charge in [-0.3, -0.25) is 4.98 Å². The molecule has 0 bridgehead atoms. The molecule has 1 fully saturated rings. The zero-order valence-corrected chi connectivity index (χ0v) is 8.79. The summed E-state index contributed by atoms with van der Waals surface area (Å²) in [6, 6.07) is 3.83. The van der Waals surface area contributed by atoms with Gasteiger partial charge in [0, 0.05) is 26.2 Å². The molecule has 84 valence electrons. The van der Waals surface area contributed by atoms with Gasteiger partial charge in [-0.05, 0) is 12.1 Å². The molecule has 6 heteroatoms. The molecule has 3 N–H and O–H groups in total. The summed E-state index contributed by atoms with van der Waals surface area (Å²) in [5, 5.41) is 3.29. The van der Waals surface area contributed by atoms with Crippen molar-refractivity contribution >= 4 is 17.0 Å². The number of pyridine rings is 1. The average molecular weight is 219 g/mol. The van der Waals surface area contributed by atoms with E-state index in [1.807, 2.05) is 12.1 Å². The molecular weight excluding hydrogens is 206 g/mol. The number of hydrogen-bond donors (Lipinski definition) is 3. The van der Waals surface area contributed by atoms with Gasteiger partial charge >= 0.3 is 5.69 Å². The van der Waals surface area contributed by atoms with Gasteiger partial charge in [0.15, 0.2) is 5.65 Å². The maximum atomic E-state index is 11.1. The van der Waals surface area contributed by atoms with Crippen molar-refractivity contribution in [2.24, 2.45) is 0 Å². The number of hydrogen-bond acceptors (Lipinski definition) is 4. The van der Waals surface area contributed by atoms with Crippen LogP contribution in [0.4, 0.5) is 5.82 Å². The molecule has 3 rings (SSSR count). The van der Waals surface area contributed by atoms with Gasteiger partial charge in [-0.1, -0.05) is 0 Å². The summed E-state index contributed by atoms with van der Waals surface area (Å²) in [5.41, 5.74) is 1.17. The molecule has 1 aliphatic rings. The van der Waals surface area contributed by atoms with E-state index in [0.717, 1.165) is 37.5 Å². The molecule has 0 amide bonds. The molecule has 2 aromatic rings. The zero-order valence-electron chi connectivity index (χ0n) is 8.79. The normalized spacial score (nSPS) is 16.9. The summed E-state index contributed by atoms with van der Waals surface area (Å²) in [5.74, 6) is 0.921. The minimum absolute atomic E-state index is 0.208. The van der Waals surface area contributed by atoms with Crippen molar-refractivity contribution in [1.29, 1.82) is 0 Å². The van der Waals surface area contributed by atoms with Crippen LogP contribution in [-0.2, 0) is 0 Å². The Labute approximate surface area is 91.7 Å². The van der Waals surface area contributed by atoms with Crippen LogP contribution in [0.5, 0.6) is 0 Å². The summed E-state index contributed by atoms with van der Waals surface area (Å²) in [4.78, 5) is 23.1. The second-order valence-corrected chi connectivity index (χ2v) is 3.88. The van der Waals surface area contributed by atoms with E-state index in [9.17, 15) is 4.79 Å². The molecule has 16 heavy (non-hydrogen) atoms. The third-order valence-corrected chi connectivity index (χ3v) is 2.80. The Hall–Kier alpha value is -1.82. The first-order chi connectivity index (χ1) is 7.83. The molecule has 0 radical (unpaired) electrons. The lowest BCUT2D eigenvalue weighted by Gasteiger charge is -2.28. The Morgan fingerprint density at radius 3 is 2.81 bits per heavy atom. The largest absolute Gasteiger partial charge is 0.354 e. The van der Waals surface area contributed by atoms with Crippen molar-refractivity contribution < 1.29 is 0 Å². The van der Waals surface area contributed by atoms with Crippen molar-refractivity contribution in [1.82, 2.24) is 20.3 Å². The average Bonchev–Trinajstić information content (AvgIpc) is 2.69. The maximum absolute atomic E-state index is 11.1. The fourth-order valence-electron chi connectivity index (χ4n) is 1.98. The summed E-state index contributed by atoms with van der Waals surface area (Å²) >= 11 is 0. The summed E-state index contributed by atoms with van der Waals surface area (Å²) < 4.78 is 0. The van der Waals surface area contributed by atoms with Crippen LogP contribution in [0, 0.1) is 0 Å². The predicted octanol–water partition coefficient (Wildman–Crippen LogP) is -0.339. The minimum Gasteiger partial charge on any atom is -0.354 e. The standard InChI is InChI=1S/C10H13N5O/c16-10-12-7-1-2-8(13-9(7)14-10)15-5-3-11-4-6-15/h1-2,11H,3-6H2,(H2,12,13,14,16). The fraction of sp³-hybridized carbons (Fsp3) is 0.400. The van der Waals surface area contributed by atoms with Crippen LogP contribution < -0.4 is 15.9 Å². The highest BCUT2D eigenvalue weighted by Crippen LogP contribution is 2.14. The molecule has 6 nitrogen and oxygen atoms in total. The number of rotatable bonds is 1. The second kappa shape index (κ2) is 3.64. The molecule has 0 aromatic carbocycles. The number of anilines is 1. The topological polar surface area (TPSA) is 76.8 Å². The van der Waals surface area contributed by atoms with Gasteiger partial charge in [-0.2, -0.15) is 0 Å². The molecule has 2 aromatic heterocycles. The quantitative estimate of drug-likeness (QED) is 0.613. The number of nitrogens with one attached hydrogen (secondary N) is 3. The second-order valence-electron chi connectivity index (χ2n) is 3.88. The van der Waals surface area contributed by atoms with E-state index in [2.05, 4.69) is 25.2 Å². The van der Waals surface area contributed by atoms with Gasteiger partial charge in [-0.25, -0.2) is 9.78 Å². The minimum atomic E-state index is -0.208. The lowest BCUT2D eigenvalue weighted by atomic mass is 10.3. The van der Waals surface area contributed by atoms with Crippen molar-refractivity contribution in [3.63, 3.8) is 0 Å². The third kappa shape index (κ3) is 1.57. The van der Waals surface area contributed by atoms with Gasteiger partial charge in [0.05, 0.1) is 5.52 Å². The van der Waals surface area contributed by atoms with Crippen LogP contribution in [0.3, 0.4) is 0 Å². The molecule has 0 spiro atoms. The number of aromatic nitrogens is 3. The first-order valence-corrected chi connectivity index (χ1v) is 5.38. The number of fused-ring (bicyclic) bond motifs is 1. The van der Waals surface area contributed by atoms with Crippen molar-refractivity contribution in [3.05, 3.63) is 22.6 Å². The third-order valence-electron chi connectivity index (χ3n) is 2.80. The van der Waals surface area contributed by atoms with Gasteiger partial charge in [-0.15, -0.1) is 0 Å². The van der Waals surface area contributed by atoms with E-state index < -0.39 is 0 Å². The molecule has 0 unspecified atom stereocenters. The lowest BCUT2D eigenvalue weighted by Crippen LogP contribution is -2.43. The lowest BCUT2D eigenvalue weighted by molar-refractivity contribution is 0.585. The monoisotopic (exact) mass is 219 g/mol. The molecule has 1 aliphatic heterocycles. The zero-order chi connectivity index (χ0) is 11.0. The van der Waals surface area contributed by atoms with Crippen molar-refractivity contribution in [2.75, 3.05) is 31.1 Å². The predicted molar refractivity (Wildman–Crippen MR) is 61.8 cm³/mol. The van der Waals surface area contributed by atoms with E-state index in [0.29, 0.717) is 5.65 Å². The fourth-order valence-corrected chi connectivity index (χ4v) is 1.98. The van der Waals surface area contributed by atoms with Crippen LogP contribution >= 0.6 is 0 Å². The van der Waals surface area contributed by atoms with E-state index in [4.69, 9.17) is 0 Å². The Kier molecular flexibility index (Phi) is 2.14. The molecule has 0 aliphatic carbocycles. The number of piperazine rings is 1. The maximum Gasteiger partial charge on any atom is 0.325 e. The summed E-state index contributed by atoms with van der Waals surface area (Å²) in [7, 11) is 0. The Bertz CT molecular complexity index is 552. The Morgan fingerprint density at radius 2 is 2.00 bits per heavy atom. The van der Waals surface area contributed by atoms with Gasteiger partial charge in [0.1, 0.15) is 5.82 Å². The van der Waals surface area contributed by atoms with Gasteiger partial charge in [0.2, 0.25) is 0 Å². The summed E-state index contributed by atoms with van der Waals surface area (Å²) in [6.07, 6.45) is 0. The Morgan fingerprint density at radius 1 is 1.19 bits per heavy atom. The van der Waals surface area contributed by atoms with E-state index >= 15 is 0 Å². The van der Waals surface area contributed by atoms with E-state index in [1.54, 1.807) is 0 Å². The molecule has 1 saturated heterocycles. The van der Waals surface area contributed by atoms with Crippen LogP contribution in [0.2, 0.25) is 0 Å². The molecule has 0 atom stereocenters. The highest BCUT2D eigenvalue weighted by molar-refractivity contribution is 5.72. The number of nitrogens with zero attached hydrogens (tertiary/aromatic N) is 2. The van der Waals surface area contributed by atoms with Crippen molar-refractivity contribution in [2.45, 2.75) is 0 Å². The first kappa shape index (κ1) is 9.41. The van der Waals surface area contributed by atoms with E-state index in [1.165, 1.54) is 0 Å². The van der Waals surface area contributed by atoms with Crippen LogP contribution in [-0.4, -0.2) is 41.1 Å². The highest BCUT2D eigenvalue weighted by Gasteiger charge is 2.12. The smallest absolute Gasteiger partial charge is 0.325 e. The van der Waals surface area contributed by atoms with Crippen LogP contribution in [0.1, 0.15) is 0 Å². The van der Waals surface area contributed by atoms with E-state index in [-0.39, 0.29) is 5.69 Å². The van der Waals surface area contributed by atoms with Crippen LogP contribution in [0.15, 0.2) is 16.9 Å². The van der Waals surface area contributed by atoms with Crippen molar-refractivity contribution in [3.8, 4) is 0 Å². The van der Waals surface area contributed by atoms with Gasteiger partial charge < -0.3 is 15.2 Å². The van der Waals surface area contributed by atoms with Gasteiger partial charge in [0.25, 0.3) is 0 Å². The molecular formula is C10H13N5O. The highest BCUT2D eigenvalue weighted by atomic mass is 16.1.